The van der Waals surface area contributed by atoms with Gasteiger partial charge >= 0.3 is 0 Å². The molecule has 0 aliphatic rings. The van der Waals surface area contributed by atoms with Gasteiger partial charge in [-0.15, -0.1) is 0 Å². The molecule has 0 saturated carbocycles. The van der Waals surface area contributed by atoms with E-state index in [-0.39, 0.29) is 11.9 Å². The van der Waals surface area contributed by atoms with Crippen molar-refractivity contribution in [3.8, 4) is 0 Å². The first-order valence-electron chi connectivity index (χ1n) is 7.42. The van der Waals surface area contributed by atoms with Gasteiger partial charge in [-0.1, -0.05) is 19.9 Å². The maximum atomic E-state index is 12.3. The number of pyridine rings is 1. The number of carbonyl (C=O) groups excluding carboxylic acids is 1. The average molecular weight is 277 g/mol. The molecule has 0 bridgehead atoms. The van der Waals surface area contributed by atoms with Crippen LogP contribution in [0.25, 0.3) is 0 Å². The number of hydrogen-bond donors (Lipinski definition) is 1. The maximum Gasteiger partial charge on any atom is 0.223 e. The monoisotopic (exact) mass is 277 g/mol. The van der Waals surface area contributed by atoms with E-state index >= 15 is 0 Å². The lowest BCUT2D eigenvalue weighted by atomic mass is 10.2. The second-order valence-corrected chi connectivity index (χ2v) is 5.69. The van der Waals surface area contributed by atoms with Crippen molar-refractivity contribution in [1.82, 2.24) is 15.2 Å². The van der Waals surface area contributed by atoms with Crippen molar-refractivity contribution in [2.75, 3.05) is 6.54 Å². The SMILES string of the molecule is CC(C)NCCCC(=O)N(Cc1cccnc1)C(C)C. The molecule has 4 heteroatoms. The van der Waals surface area contributed by atoms with Crippen LogP contribution in [0.2, 0.25) is 0 Å². The van der Waals surface area contributed by atoms with Gasteiger partial charge in [0.05, 0.1) is 0 Å². The number of carbonyl (C=O) groups is 1. The predicted molar refractivity (Wildman–Crippen MR) is 82.3 cm³/mol. The second-order valence-electron chi connectivity index (χ2n) is 5.69. The topological polar surface area (TPSA) is 45.2 Å². The number of nitrogens with zero attached hydrogens (tertiary/aromatic N) is 2. The molecule has 0 unspecified atom stereocenters. The summed E-state index contributed by atoms with van der Waals surface area (Å²) in [6, 6.07) is 4.60. The van der Waals surface area contributed by atoms with Crippen LogP contribution in [0.15, 0.2) is 24.5 Å². The molecule has 1 heterocycles. The Balaban J connectivity index is 2.47. The van der Waals surface area contributed by atoms with E-state index < -0.39 is 0 Å². The van der Waals surface area contributed by atoms with E-state index in [0.717, 1.165) is 18.5 Å². The zero-order valence-corrected chi connectivity index (χ0v) is 13.1. The highest BCUT2D eigenvalue weighted by Gasteiger charge is 2.16. The molecule has 0 aromatic carbocycles. The molecule has 0 aliphatic carbocycles. The van der Waals surface area contributed by atoms with Crippen LogP contribution in [0.5, 0.6) is 0 Å². The van der Waals surface area contributed by atoms with Gasteiger partial charge in [0.25, 0.3) is 0 Å². The Bertz CT molecular complexity index is 390. The molecule has 112 valence electrons. The zero-order valence-electron chi connectivity index (χ0n) is 13.1. The van der Waals surface area contributed by atoms with Crippen molar-refractivity contribution in [2.45, 2.75) is 59.2 Å². The smallest absolute Gasteiger partial charge is 0.223 e. The Morgan fingerprint density at radius 2 is 2.10 bits per heavy atom. The molecular weight excluding hydrogens is 250 g/mol. The Morgan fingerprint density at radius 1 is 1.35 bits per heavy atom. The van der Waals surface area contributed by atoms with E-state index in [4.69, 9.17) is 0 Å². The molecule has 4 nitrogen and oxygen atoms in total. The molecular formula is C16H27N3O. The van der Waals surface area contributed by atoms with E-state index in [0.29, 0.717) is 19.0 Å². The molecule has 0 spiro atoms. The first-order chi connectivity index (χ1) is 9.50. The summed E-state index contributed by atoms with van der Waals surface area (Å²) in [6.07, 6.45) is 5.05. The standard InChI is InChI=1S/C16H27N3O/c1-13(2)18-10-6-8-16(20)19(14(3)4)12-15-7-5-9-17-11-15/h5,7,9,11,13-14,18H,6,8,10,12H2,1-4H3. The van der Waals surface area contributed by atoms with Crippen molar-refractivity contribution in [2.24, 2.45) is 0 Å². The molecule has 1 aromatic rings. The minimum atomic E-state index is 0.209. The number of rotatable bonds is 8. The van der Waals surface area contributed by atoms with Crippen molar-refractivity contribution >= 4 is 5.91 Å². The quantitative estimate of drug-likeness (QED) is 0.743. The average Bonchev–Trinajstić information content (AvgIpc) is 2.41. The van der Waals surface area contributed by atoms with Crippen LogP contribution in [0.3, 0.4) is 0 Å². The summed E-state index contributed by atoms with van der Waals surface area (Å²) in [5.74, 6) is 0.217. The van der Waals surface area contributed by atoms with Crippen LogP contribution in [-0.2, 0) is 11.3 Å². The molecule has 20 heavy (non-hydrogen) atoms. The highest BCUT2D eigenvalue weighted by atomic mass is 16.2. The van der Waals surface area contributed by atoms with Crippen molar-refractivity contribution in [3.05, 3.63) is 30.1 Å². The number of aromatic nitrogens is 1. The molecule has 0 radical (unpaired) electrons. The Labute approximate surface area is 122 Å². The molecule has 0 saturated heterocycles. The fourth-order valence-electron chi connectivity index (χ4n) is 2.02. The lowest BCUT2D eigenvalue weighted by Crippen LogP contribution is -2.36. The van der Waals surface area contributed by atoms with Gasteiger partial charge in [-0.25, -0.2) is 0 Å². The highest BCUT2D eigenvalue weighted by Crippen LogP contribution is 2.10. The highest BCUT2D eigenvalue weighted by molar-refractivity contribution is 5.76. The number of hydrogen-bond acceptors (Lipinski definition) is 3. The summed E-state index contributed by atoms with van der Waals surface area (Å²) < 4.78 is 0. The zero-order chi connectivity index (χ0) is 15.0. The predicted octanol–water partition coefficient (Wildman–Crippen LogP) is 2.60. The van der Waals surface area contributed by atoms with Gasteiger partial charge in [0.1, 0.15) is 0 Å². The number of amides is 1. The van der Waals surface area contributed by atoms with Crippen molar-refractivity contribution in [1.29, 1.82) is 0 Å². The molecule has 1 amide bonds. The third-order valence-electron chi connectivity index (χ3n) is 3.14. The summed E-state index contributed by atoms with van der Waals surface area (Å²) in [5, 5.41) is 3.34. The maximum absolute atomic E-state index is 12.3. The van der Waals surface area contributed by atoms with Crippen LogP contribution < -0.4 is 5.32 Å². The second kappa shape index (κ2) is 8.69. The lowest BCUT2D eigenvalue weighted by molar-refractivity contribution is -0.133. The van der Waals surface area contributed by atoms with E-state index in [1.165, 1.54) is 0 Å². The van der Waals surface area contributed by atoms with Crippen LogP contribution in [0.1, 0.15) is 46.1 Å². The van der Waals surface area contributed by atoms with E-state index in [1.54, 1.807) is 6.20 Å². The third kappa shape index (κ3) is 6.15. The van der Waals surface area contributed by atoms with Crippen LogP contribution in [0.4, 0.5) is 0 Å². The van der Waals surface area contributed by atoms with Crippen molar-refractivity contribution < 1.29 is 4.79 Å². The summed E-state index contributed by atoms with van der Waals surface area (Å²) in [6.45, 7) is 9.88. The first kappa shape index (κ1) is 16.6. The normalized spacial score (nSPS) is 11.1. The van der Waals surface area contributed by atoms with Crippen LogP contribution in [-0.4, -0.2) is 34.4 Å². The van der Waals surface area contributed by atoms with Gasteiger partial charge in [0.15, 0.2) is 0 Å². The van der Waals surface area contributed by atoms with Gasteiger partial charge in [0.2, 0.25) is 5.91 Å². The minimum Gasteiger partial charge on any atom is -0.336 e. The molecule has 0 atom stereocenters. The minimum absolute atomic E-state index is 0.209. The largest absolute Gasteiger partial charge is 0.336 e. The van der Waals surface area contributed by atoms with Gasteiger partial charge in [-0.2, -0.15) is 0 Å². The molecule has 0 fully saturated rings. The first-order valence-corrected chi connectivity index (χ1v) is 7.42. The molecule has 1 aromatic heterocycles. The molecule has 1 rings (SSSR count). The molecule has 1 N–H and O–H groups in total. The summed E-state index contributed by atoms with van der Waals surface area (Å²) in [7, 11) is 0. The summed E-state index contributed by atoms with van der Waals surface area (Å²) >= 11 is 0. The van der Waals surface area contributed by atoms with Gasteiger partial charge in [-0.05, 0) is 38.4 Å². The fraction of sp³-hybridized carbons (Fsp3) is 0.625. The summed E-state index contributed by atoms with van der Waals surface area (Å²) in [4.78, 5) is 18.3. The fourth-order valence-corrected chi connectivity index (χ4v) is 2.02. The lowest BCUT2D eigenvalue weighted by Gasteiger charge is -2.27. The van der Waals surface area contributed by atoms with Crippen LogP contribution >= 0.6 is 0 Å². The third-order valence-corrected chi connectivity index (χ3v) is 3.14. The van der Waals surface area contributed by atoms with E-state index in [1.807, 2.05) is 23.2 Å². The Kier molecular flexibility index (Phi) is 7.23. The number of nitrogens with one attached hydrogen (secondary N) is 1. The van der Waals surface area contributed by atoms with Crippen LogP contribution in [0, 0.1) is 0 Å². The Hall–Kier alpha value is -1.42. The van der Waals surface area contributed by atoms with Gasteiger partial charge in [-0.3, -0.25) is 9.78 Å². The van der Waals surface area contributed by atoms with E-state index in [2.05, 4.69) is 38.0 Å². The summed E-state index contributed by atoms with van der Waals surface area (Å²) in [5.41, 5.74) is 1.08. The van der Waals surface area contributed by atoms with Gasteiger partial charge < -0.3 is 10.2 Å². The van der Waals surface area contributed by atoms with Crippen molar-refractivity contribution in [3.63, 3.8) is 0 Å². The Morgan fingerprint density at radius 3 is 2.65 bits per heavy atom. The van der Waals surface area contributed by atoms with Gasteiger partial charge in [0, 0.05) is 37.4 Å². The van der Waals surface area contributed by atoms with E-state index in [9.17, 15) is 4.79 Å². The molecule has 0 aliphatic heterocycles.